The van der Waals surface area contributed by atoms with E-state index in [-0.39, 0.29) is 28.5 Å². The molecule has 28 heavy (non-hydrogen) atoms. The minimum absolute atomic E-state index is 0.0481. The number of furan rings is 1. The largest absolute Gasteiger partial charge is 0.503 e. The smallest absolute Gasteiger partial charge is 0.290 e. The van der Waals surface area contributed by atoms with Gasteiger partial charge in [0.05, 0.1) is 24.4 Å². The molecule has 1 aliphatic rings. The molecule has 0 radical (unpaired) electrons. The second-order valence-electron chi connectivity index (χ2n) is 6.12. The van der Waals surface area contributed by atoms with Crippen molar-refractivity contribution in [1.82, 2.24) is 4.90 Å². The molecule has 1 atom stereocenters. The number of ketones is 1. The molecule has 0 aliphatic carbocycles. The van der Waals surface area contributed by atoms with Crippen molar-refractivity contribution in [3.8, 4) is 0 Å². The molecule has 3 heterocycles. The molecule has 1 aliphatic heterocycles. The Balaban J connectivity index is 1.87. The van der Waals surface area contributed by atoms with Crippen LogP contribution in [-0.2, 0) is 11.3 Å². The van der Waals surface area contributed by atoms with Crippen LogP contribution in [0, 0.1) is 5.82 Å². The highest BCUT2D eigenvalue weighted by Crippen LogP contribution is 2.43. The summed E-state index contributed by atoms with van der Waals surface area (Å²) >= 11 is 7.63. The van der Waals surface area contributed by atoms with Crippen LogP contribution in [0.3, 0.4) is 0 Å². The third-order valence-corrected chi connectivity index (χ3v) is 5.66. The first-order valence-corrected chi connectivity index (χ1v) is 9.53. The average molecular weight is 418 g/mol. The average Bonchev–Trinajstić information content (AvgIpc) is 3.41. The molecule has 3 aromatic rings. The van der Waals surface area contributed by atoms with Gasteiger partial charge in [-0.25, -0.2) is 4.39 Å². The van der Waals surface area contributed by atoms with Crippen LogP contribution in [0.5, 0.6) is 0 Å². The third-order valence-electron chi connectivity index (χ3n) is 4.47. The molecule has 1 aromatic carbocycles. The summed E-state index contributed by atoms with van der Waals surface area (Å²) in [5.74, 6) is -2.95. The number of aliphatic hydroxyl groups is 1. The van der Waals surface area contributed by atoms with Gasteiger partial charge in [0.15, 0.2) is 11.5 Å². The standard InChI is InChI=1S/C20H13ClFNO4S/c21-12-5-1-6-13(22)15(12)17-16(18(24)14-7-2-8-27-14)19(25)20(26)23(17)10-11-4-3-9-28-11/h1-9,17,25H,10H2. The number of carbonyl (C=O) groups excluding carboxylic acids is 2. The number of aliphatic hydroxyl groups excluding tert-OH is 1. The maximum atomic E-state index is 14.7. The van der Waals surface area contributed by atoms with Crippen molar-refractivity contribution in [1.29, 1.82) is 0 Å². The third kappa shape index (κ3) is 3.02. The van der Waals surface area contributed by atoms with E-state index in [1.807, 2.05) is 11.4 Å². The number of hydrogen-bond acceptors (Lipinski definition) is 5. The first-order chi connectivity index (χ1) is 13.5. The monoisotopic (exact) mass is 417 g/mol. The predicted octanol–water partition coefficient (Wildman–Crippen LogP) is 4.91. The van der Waals surface area contributed by atoms with E-state index in [0.717, 1.165) is 4.88 Å². The van der Waals surface area contributed by atoms with E-state index < -0.39 is 29.3 Å². The lowest BCUT2D eigenvalue weighted by Gasteiger charge is -2.27. The fourth-order valence-corrected chi connectivity index (χ4v) is 4.20. The number of amides is 1. The summed E-state index contributed by atoms with van der Waals surface area (Å²) in [6, 6.07) is 9.46. The molecule has 1 unspecified atom stereocenters. The maximum absolute atomic E-state index is 14.7. The molecule has 1 amide bonds. The SMILES string of the molecule is O=C(C1=C(O)C(=O)N(Cc2cccs2)C1c1c(F)cccc1Cl)c1ccco1. The highest BCUT2D eigenvalue weighted by Gasteiger charge is 2.46. The number of Topliss-reactive ketones (excluding diaryl/α,β-unsaturated/α-hetero) is 1. The fraction of sp³-hybridized carbons (Fsp3) is 0.100. The van der Waals surface area contributed by atoms with Crippen molar-refractivity contribution in [3.63, 3.8) is 0 Å². The first-order valence-electron chi connectivity index (χ1n) is 8.27. The Kier molecular flexibility index (Phi) is 4.78. The van der Waals surface area contributed by atoms with Gasteiger partial charge in [0.25, 0.3) is 5.91 Å². The van der Waals surface area contributed by atoms with E-state index in [1.54, 1.807) is 6.07 Å². The highest BCUT2D eigenvalue weighted by atomic mass is 35.5. The molecule has 8 heteroatoms. The summed E-state index contributed by atoms with van der Waals surface area (Å²) in [6.45, 7) is 0.0881. The van der Waals surface area contributed by atoms with Crippen molar-refractivity contribution in [2.24, 2.45) is 0 Å². The number of carbonyl (C=O) groups is 2. The Hall–Kier alpha value is -2.90. The van der Waals surface area contributed by atoms with E-state index in [0.29, 0.717) is 0 Å². The van der Waals surface area contributed by atoms with Crippen molar-refractivity contribution in [3.05, 3.63) is 92.5 Å². The summed E-state index contributed by atoms with van der Waals surface area (Å²) in [5, 5.41) is 12.4. The van der Waals surface area contributed by atoms with E-state index in [9.17, 15) is 19.1 Å². The number of halogens is 2. The van der Waals surface area contributed by atoms with Gasteiger partial charge in [-0.2, -0.15) is 0 Å². The number of thiophene rings is 1. The summed E-state index contributed by atoms with van der Waals surface area (Å²) in [6.07, 6.45) is 1.30. The van der Waals surface area contributed by atoms with Crippen LogP contribution in [0.25, 0.3) is 0 Å². The summed E-state index contributed by atoms with van der Waals surface area (Å²) in [5.41, 5.74) is -0.309. The molecular weight excluding hydrogens is 405 g/mol. The molecule has 5 nitrogen and oxygen atoms in total. The van der Waals surface area contributed by atoms with Crippen molar-refractivity contribution in [2.45, 2.75) is 12.6 Å². The molecule has 4 rings (SSSR count). The maximum Gasteiger partial charge on any atom is 0.290 e. The Morgan fingerprint density at radius 3 is 2.71 bits per heavy atom. The van der Waals surface area contributed by atoms with Gasteiger partial charge in [-0.05, 0) is 35.7 Å². The van der Waals surface area contributed by atoms with Gasteiger partial charge in [0.1, 0.15) is 5.82 Å². The number of rotatable bonds is 5. The second kappa shape index (κ2) is 7.26. The minimum atomic E-state index is -1.18. The Morgan fingerprint density at radius 2 is 2.07 bits per heavy atom. The Morgan fingerprint density at radius 1 is 1.25 bits per heavy atom. The van der Waals surface area contributed by atoms with Crippen LogP contribution < -0.4 is 0 Å². The Bertz CT molecular complexity index is 1060. The van der Waals surface area contributed by atoms with E-state index >= 15 is 0 Å². The second-order valence-corrected chi connectivity index (χ2v) is 7.56. The van der Waals surface area contributed by atoms with Crippen LogP contribution in [0.2, 0.25) is 5.02 Å². The van der Waals surface area contributed by atoms with Crippen LogP contribution in [0.4, 0.5) is 4.39 Å². The number of benzene rings is 1. The van der Waals surface area contributed by atoms with Crippen molar-refractivity contribution in [2.75, 3.05) is 0 Å². The molecule has 0 fully saturated rings. The quantitative estimate of drug-likeness (QED) is 0.598. The van der Waals surface area contributed by atoms with Gasteiger partial charge >= 0.3 is 0 Å². The van der Waals surface area contributed by atoms with Gasteiger partial charge in [0.2, 0.25) is 5.78 Å². The van der Waals surface area contributed by atoms with Gasteiger partial charge in [-0.1, -0.05) is 23.7 Å². The number of nitrogens with zero attached hydrogens (tertiary/aromatic N) is 1. The van der Waals surface area contributed by atoms with Crippen molar-refractivity contribution >= 4 is 34.6 Å². The highest BCUT2D eigenvalue weighted by molar-refractivity contribution is 7.09. The van der Waals surface area contributed by atoms with E-state index in [2.05, 4.69) is 0 Å². The Labute approximate surface area is 168 Å². The summed E-state index contributed by atoms with van der Waals surface area (Å²) in [7, 11) is 0. The summed E-state index contributed by atoms with van der Waals surface area (Å²) in [4.78, 5) is 27.8. The normalized spacial score (nSPS) is 16.9. The molecule has 0 saturated heterocycles. The molecule has 0 saturated carbocycles. The summed E-state index contributed by atoms with van der Waals surface area (Å²) < 4.78 is 19.9. The zero-order valence-electron chi connectivity index (χ0n) is 14.3. The lowest BCUT2D eigenvalue weighted by Crippen LogP contribution is -2.31. The predicted molar refractivity (Wildman–Crippen MR) is 102 cm³/mol. The van der Waals surface area contributed by atoms with Gasteiger partial charge < -0.3 is 14.4 Å². The van der Waals surface area contributed by atoms with Gasteiger partial charge in [-0.3, -0.25) is 9.59 Å². The van der Waals surface area contributed by atoms with E-state index in [1.165, 1.54) is 52.8 Å². The topological polar surface area (TPSA) is 70.8 Å². The van der Waals surface area contributed by atoms with Crippen molar-refractivity contribution < 1.29 is 23.5 Å². The zero-order valence-corrected chi connectivity index (χ0v) is 15.8. The van der Waals surface area contributed by atoms with Crippen LogP contribution in [-0.4, -0.2) is 21.7 Å². The molecular formula is C20H13ClFNO4S. The fourth-order valence-electron chi connectivity index (χ4n) is 3.23. The minimum Gasteiger partial charge on any atom is -0.503 e. The van der Waals surface area contributed by atoms with E-state index in [4.69, 9.17) is 16.0 Å². The molecule has 0 spiro atoms. The molecule has 1 N–H and O–H groups in total. The lowest BCUT2D eigenvalue weighted by atomic mass is 9.94. The number of hydrogen-bond donors (Lipinski definition) is 1. The van der Waals surface area contributed by atoms with Crippen LogP contribution >= 0.6 is 22.9 Å². The first kappa shape index (κ1) is 18.5. The molecule has 0 bridgehead atoms. The molecule has 2 aromatic heterocycles. The van der Waals surface area contributed by atoms with Crippen LogP contribution in [0.15, 0.2) is 69.9 Å². The van der Waals surface area contributed by atoms with Gasteiger partial charge in [0, 0.05) is 15.5 Å². The van der Waals surface area contributed by atoms with Gasteiger partial charge in [-0.15, -0.1) is 11.3 Å². The molecule has 142 valence electrons. The van der Waals surface area contributed by atoms with Crippen LogP contribution in [0.1, 0.15) is 27.0 Å². The zero-order chi connectivity index (χ0) is 19.8. The lowest BCUT2D eigenvalue weighted by molar-refractivity contribution is -0.130.